The molecule has 1 saturated carbocycles. The Morgan fingerprint density at radius 2 is 1.32 bits per heavy atom. The summed E-state index contributed by atoms with van der Waals surface area (Å²) < 4.78 is 23.4. The highest BCUT2D eigenvalue weighted by atomic mass is 16.6. The second kappa shape index (κ2) is 22.7. The fraction of sp³-hybridized carbons (Fsp3) is 0.500. The normalized spacial score (nSPS) is 24.4. The SMILES string of the molecule is C=C=C=C=CC(=O)OCC1(COC(=O)CCCCC)Nc2cccc3ccc(C4C(O)C(C5=C6NC(COC(=O)CCCCC)(COC(=O)CCCCC)NC7=CC=CC(C=C5)C76)C4O)c(c23)N1. The summed E-state index contributed by atoms with van der Waals surface area (Å²) in [6, 6.07) is 9.54. The average Bonchev–Trinajstić information content (AvgIpc) is 3.33. The quantitative estimate of drug-likeness (QED) is 0.0208. The van der Waals surface area contributed by atoms with E-state index >= 15 is 0 Å². The van der Waals surface area contributed by atoms with Gasteiger partial charge in [-0.1, -0.05) is 119 Å². The third kappa shape index (κ3) is 11.2. The molecule has 3 aliphatic carbocycles. The Labute approximate surface area is 399 Å². The topological polar surface area (TPSA) is 194 Å². The monoisotopic (exact) mass is 930 g/mol. The van der Waals surface area contributed by atoms with Gasteiger partial charge in [-0.25, -0.2) is 4.79 Å². The molecular formula is C54H66N4O10. The number of unbranched alkanes of at least 4 members (excludes halogenated alkanes) is 6. The van der Waals surface area contributed by atoms with Gasteiger partial charge in [0, 0.05) is 71.1 Å². The van der Waals surface area contributed by atoms with Crippen molar-refractivity contribution in [3.8, 4) is 0 Å². The van der Waals surface area contributed by atoms with Gasteiger partial charge in [0.25, 0.3) is 0 Å². The first kappa shape index (κ1) is 49.6. The molecule has 2 fully saturated rings. The summed E-state index contributed by atoms with van der Waals surface area (Å²) in [4.78, 5) is 52.0. The van der Waals surface area contributed by atoms with Crippen molar-refractivity contribution in [1.29, 1.82) is 0 Å². The fourth-order valence-electron chi connectivity index (χ4n) is 9.86. The molecule has 5 atom stereocenters. The van der Waals surface area contributed by atoms with Crippen LogP contribution >= 0.6 is 0 Å². The number of aliphatic hydroxyl groups excluding tert-OH is 2. The van der Waals surface area contributed by atoms with Crippen molar-refractivity contribution in [3.05, 3.63) is 113 Å². The van der Waals surface area contributed by atoms with Gasteiger partial charge in [0.15, 0.2) is 11.3 Å². The lowest BCUT2D eigenvalue weighted by Crippen LogP contribution is -2.68. The van der Waals surface area contributed by atoms with Crippen LogP contribution in [0.5, 0.6) is 0 Å². The van der Waals surface area contributed by atoms with Gasteiger partial charge >= 0.3 is 23.9 Å². The number of rotatable bonds is 23. The number of aliphatic hydroxyl groups is 2. The fourth-order valence-corrected chi connectivity index (χ4v) is 9.86. The lowest BCUT2D eigenvalue weighted by molar-refractivity contribution is -0.153. The smallest absolute Gasteiger partial charge is 0.339 e. The minimum absolute atomic E-state index is 0.0573. The standard InChI is InChI=1S/C54H66N4O10/c1-5-9-13-23-41(59)65-31-53(32-66-42(60)24-14-10-6-2)55-39-21-17-19-35-27-29-37(49(57-53)45(35)39)47-51(63)48(52(47)64)38-30-28-36-20-18-22-40-46(36)50(38)58-54(56-40,33-67-43(61)25-15-11-7-3)34-68-44(62)26-16-12-8-4/h17-23,27-30,36,46-48,51-52,55-58,63-64H,1,6-8,10-12,14-16,24-26,31-34H2,2-4H3. The van der Waals surface area contributed by atoms with Crippen LogP contribution in [0.4, 0.5) is 11.4 Å². The van der Waals surface area contributed by atoms with Crippen molar-refractivity contribution in [3.63, 3.8) is 0 Å². The predicted octanol–water partition coefficient (Wildman–Crippen LogP) is 7.77. The molecule has 0 aromatic heterocycles. The molecule has 2 aromatic rings. The van der Waals surface area contributed by atoms with Gasteiger partial charge in [-0.15, -0.1) is 0 Å². The average molecular weight is 931 g/mol. The van der Waals surface area contributed by atoms with Gasteiger partial charge in [-0.3, -0.25) is 14.4 Å². The first-order valence-corrected chi connectivity index (χ1v) is 24.3. The van der Waals surface area contributed by atoms with Crippen molar-refractivity contribution < 1.29 is 48.3 Å². The summed E-state index contributed by atoms with van der Waals surface area (Å²) in [6.07, 6.45) is 17.3. The number of esters is 4. The Morgan fingerprint density at radius 1 is 0.721 bits per heavy atom. The molecule has 14 heteroatoms. The number of hydrogen-bond acceptors (Lipinski definition) is 14. The third-order valence-electron chi connectivity index (χ3n) is 13.4. The largest absolute Gasteiger partial charge is 0.461 e. The molecule has 2 aromatic carbocycles. The Balaban J connectivity index is 1.21. The second-order valence-electron chi connectivity index (χ2n) is 18.5. The van der Waals surface area contributed by atoms with Gasteiger partial charge in [0.1, 0.15) is 26.4 Å². The van der Waals surface area contributed by atoms with Crippen LogP contribution < -0.4 is 21.3 Å². The van der Waals surface area contributed by atoms with Crippen molar-refractivity contribution in [1.82, 2.24) is 10.6 Å². The highest BCUT2D eigenvalue weighted by Gasteiger charge is 2.56. The number of anilines is 2. The summed E-state index contributed by atoms with van der Waals surface area (Å²) in [5.74, 6) is -3.66. The zero-order chi connectivity index (χ0) is 48.3. The van der Waals surface area contributed by atoms with E-state index in [0.717, 1.165) is 66.8 Å². The highest BCUT2D eigenvalue weighted by Crippen LogP contribution is 2.54. The number of hydrogen-bond donors (Lipinski definition) is 6. The van der Waals surface area contributed by atoms with Crippen molar-refractivity contribution in [2.75, 3.05) is 37.1 Å². The molecular weight excluding hydrogens is 865 g/mol. The van der Waals surface area contributed by atoms with Crippen molar-refractivity contribution >= 4 is 46.0 Å². The Morgan fingerprint density at radius 3 is 1.93 bits per heavy atom. The predicted molar refractivity (Wildman–Crippen MR) is 259 cm³/mol. The first-order valence-electron chi connectivity index (χ1n) is 24.3. The summed E-state index contributed by atoms with van der Waals surface area (Å²) >= 11 is 0. The number of carbonyl (C=O) groups excluding carboxylic acids is 4. The lowest BCUT2D eigenvalue weighted by Gasteiger charge is -2.53. The van der Waals surface area contributed by atoms with E-state index < -0.39 is 47.3 Å². The number of allylic oxidation sites excluding steroid dienone is 5. The molecule has 1 saturated heterocycles. The molecule has 0 spiro atoms. The maximum atomic E-state index is 13.1. The number of ether oxygens (including phenoxy) is 4. The third-order valence-corrected chi connectivity index (χ3v) is 13.4. The van der Waals surface area contributed by atoms with Crippen molar-refractivity contribution in [2.45, 2.75) is 127 Å². The molecule has 68 heavy (non-hydrogen) atoms. The molecule has 2 aliphatic heterocycles. The Kier molecular flexibility index (Phi) is 16.6. The summed E-state index contributed by atoms with van der Waals surface area (Å²) in [5.41, 5.74) is 8.93. The zero-order valence-electron chi connectivity index (χ0n) is 39.5. The highest BCUT2D eigenvalue weighted by molar-refractivity contribution is 6.06. The number of carbonyl (C=O) groups is 4. The van der Waals surface area contributed by atoms with Crippen LogP contribution in [0.25, 0.3) is 10.8 Å². The molecule has 362 valence electrons. The molecule has 5 unspecified atom stereocenters. The van der Waals surface area contributed by atoms with Crippen LogP contribution in [0.2, 0.25) is 0 Å². The minimum Gasteiger partial charge on any atom is -0.461 e. The molecule has 6 N–H and O–H groups in total. The van der Waals surface area contributed by atoms with Gasteiger partial charge < -0.3 is 50.4 Å². The Bertz CT molecular complexity index is 2440. The van der Waals surface area contributed by atoms with E-state index in [0.29, 0.717) is 41.8 Å². The zero-order valence-corrected chi connectivity index (χ0v) is 39.5. The summed E-state index contributed by atoms with van der Waals surface area (Å²) in [5, 5.41) is 40.7. The van der Waals surface area contributed by atoms with Gasteiger partial charge in [-0.05, 0) is 60.2 Å². The van der Waals surface area contributed by atoms with E-state index in [9.17, 15) is 29.4 Å². The van der Waals surface area contributed by atoms with Crippen LogP contribution in [0, 0.1) is 17.8 Å². The lowest BCUT2D eigenvalue weighted by atomic mass is 9.60. The van der Waals surface area contributed by atoms with E-state index in [2.05, 4.69) is 78.0 Å². The number of nitrogens with one attached hydrogen (secondary N) is 4. The maximum absolute atomic E-state index is 13.1. The summed E-state index contributed by atoms with van der Waals surface area (Å²) in [7, 11) is 0. The Hall–Kier alpha value is -6.26. The van der Waals surface area contributed by atoms with E-state index in [-0.39, 0.29) is 69.5 Å². The molecule has 2 heterocycles. The second-order valence-corrected chi connectivity index (χ2v) is 18.5. The van der Waals surface area contributed by atoms with E-state index in [1.165, 1.54) is 0 Å². The van der Waals surface area contributed by atoms with Crippen LogP contribution in [0.1, 0.15) is 109 Å². The van der Waals surface area contributed by atoms with Crippen LogP contribution in [-0.2, 0) is 38.1 Å². The summed E-state index contributed by atoms with van der Waals surface area (Å²) in [6.45, 7) is 8.81. The molecule has 0 radical (unpaired) electrons. The molecule has 7 rings (SSSR count). The molecule has 5 aliphatic rings. The van der Waals surface area contributed by atoms with Crippen LogP contribution in [0.3, 0.4) is 0 Å². The van der Waals surface area contributed by atoms with E-state index in [1.807, 2.05) is 48.6 Å². The van der Waals surface area contributed by atoms with Gasteiger partial charge in [-0.2, -0.15) is 0 Å². The minimum atomic E-state index is -1.36. The maximum Gasteiger partial charge on any atom is 0.339 e. The van der Waals surface area contributed by atoms with E-state index in [1.54, 1.807) is 0 Å². The van der Waals surface area contributed by atoms with Crippen LogP contribution in [-0.4, -0.2) is 84.1 Å². The first-order chi connectivity index (χ1) is 33.0. The van der Waals surface area contributed by atoms with Gasteiger partial charge in [0.05, 0.1) is 18.3 Å². The van der Waals surface area contributed by atoms with E-state index in [4.69, 9.17) is 18.9 Å². The molecule has 0 bridgehead atoms. The molecule has 0 amide bonds. The molecule has 14 nitrogen and oxygen atoms in total. The van der Waals surface area contributed by atoms with Crippen molar-refractivity contribution in [2.24, 2.45) is 17.8 Å². The van der Waals surface area contributed by atoms with Gasteiger partial charge in [0.2, 0.25) is 0 Å². The number of benzene rings is 2. The van der Waals surface area contributed by atoms with Crippen LogP contribution in [0.15, 0.2) is 108 Å².